The number of aliphatic hydroxyl groups is 2. The van der Waals surface area contributed by atoms with Crippen LogP contribution in [-0.4, -0.2) is 21.9 Å². The molecule has 0 aromatic heterocycles. The molecule has 0 fully saturated rings. The van der Waals surface area contributed by atoms with E-state index in [9.17, 15) is 10.2 Å². The van der Waals surface area contributed by atoms with Gasteiger partial charge in [0.2, 0.25) is 0 Å². The van der Waals surface area contributed by atoms with E-state index in [2.05, 4.69) is 34.6 Å². The first-order valence-electron chi connectivity index (χ1n) is 5.86. The van der Waals surface area contributed by atoms with Crippen LogP contribution in [0.1, 0.15) is 62.7 Å². The molecule has 94 valence electrons. The molecule has 0 saturated carbocycles. The van der Waals surface area contributed by atoms with Crippen LogP contribution in [0.2, 0.25) is 0 Å². The third kappa shape index (κ3) is 4.07. The standard InChI is InChI=1S/C13H28O2.Li.H/c1-8-10(14)9-13(7,15)12(5,6)11(2,3)4;;/h10,14-15H,8-9H2,1-7H3;;/q;+1;-1. The van der Waals surface area contributed by atoms with Gasteiger partial charge in [0, 0.05) is 6.42 Å². The van der Waals surface area contributed by atoms with Crippen LogP contribution in [0.3, 0.4) is 0 Å². The quantitative estimate of drug-likeness (QED) is 0.664. The molecule has 2 atom stereocenters. The largest absolute Gasteiger partial charge is 1.00 e. The zero-order valence-electron chi connectivity index (χ0n) is 13.4. The summed E-state index contributed by atoms with van der Waals surface area (Å²) in [7, 11) is 0. The molecule has 0 saturated heterocycles. The molecule has 0 bridgehead atoms. The van der Waals surface area contributed by atoms with Crippen molar-refractivity contribution in [3.63, 3.8) is 0 Å². The van der Waals surface area contributed by atoms with Crippen molar-refractivity contribution in [2.24, 2.45) is 10.8 Å². The molecule has 0 rings (SSSR count). The smallest absolute Gasteiger partial charge is 1.00 e. The van der Waals surface area contributed by atoms with Crippen molar-refractivity contribution in [2.75, 3.05) is 0 Å². The van der Waals surface area contributed by atoms with Crippen molar-refractivity contribution in [2.45, 2.75) is 73.0 Å². The molecule has 0 heterocycles. The SMILES string of the molecule is CCC(O)CC(C)(O)C(C)(C)C(C)(C)C.[H-].[Li+]. The molecule has 0 spiro atoms. The molecular weight excluding hydrogens is 195 g/mol. The first-order valence-corrected chi connectivity index (χ1v) is 5.86. The zero-order valence-corrected chi connectivity index (χ0v) is 12.4. The summed E-state index contributed by atoms with van der Waals surface area (Å²) in [6.45, 7) is 14.3. The fourth-order valence-corrected chi connectivity index (χ4v) is 1.67. The predicted octanol–water partition coefficient (Wildman–Crippen LogP) is 0.0872. The van der Waals surface area contributed by atoms with E-state index in [0.29, 0.717) is 12.8 Å². The van der Waals surface area contributed by atoms with Gasteiger partial charge in [-0.2, -0.15) is 0 Å². The number of hydrogen-bond acceptors (Lipinski definition) is 2. The summed E-state index contributed by atoms with van der Waals surface area (Å²) in [5.74, 6) is 0. The molecule has 0 aliphatic carbocycles. The van der Waals surface area contributed by atoms with E-state index in [1.54, 1.807) is 0 Å². The van der Waals surface area contributed by atoms with Gasteiger partial charge in [-0.05, 0) is 24.2 Å². The predicted molar refractivity (Wildman–Crippen MR) is 65.9 cm³/mol. The topological polar surface area (TPSA) is 40.5 Å². The van der Waals surface area contributed by atoms with Crippen molar-refractivity contribution >= 4 is 0 Å². The minimum atomic E-state index is -0.847. The average molecular weight is 224 g/mol. The van der Waals surface area contributed by atoms with Gasteiger partial charge in [0.25, 0.3) is 0 Å². The molecule has 0 amide bonds. The second-order valence-electron chi connectivity index (χ2n) is 6.42. The first-order chi connectivity index (χ1) is 6.45. The molecule has 16 heavy (non-hydrogen) atoms. The molecule has 0 aliphatic heterocycles. The maximum Gasteiger partial charge on any atom is 1.00 e. The van der Waals surface area contributed by atoms with E-state index in [0.717, 1.165) is 0 Å². The van der Waals surface area contributed by atoms with Crippen molar-refractivity contribution in [1.82, 2.24) is 0 Å². The Morgan fingerprint density at radius 2 is 1.44 bits per heavy atom. The molecular formula is C13H29LiO2. The van der Waals surface area contributed by atoms with Gasteiger partial charge < -0.3 is 11.6 Å². The minimum absolute atomic E-state index is 0. The van der Waals surface area contributed by atoms with Gasteiger partial charge in [0.1, 0.15) is 0 Å². The number of hydrogen-bond donors (Lipinski definition) is 2. The van der Waals surface area contributed by atoms with Gasteiger partial charge in [-0.3, -0.25) is 0 Å². The molecule has 2 nitrogen and oxygen atoms in total. The van der Waals surface area contributed by atoms with Gasteiger partial charge in [-0.1, -0.05) is 41.5 Å². The van der Waals surface area contributed by atoms with E-state index >= 15 is 0 Å². The zero-order chi connectivity index (χ0) is 12.5. The fourth-order valence-electron chi connectivity index (χ4n) is 1.67. The summed E-state index contributed by atoms with van der Waals surface area (Å²) < 4.78 is 0. The number of aliphatic hydroxyl groups excluding tert-OH is 1. The van der Waals surface area contributed by atoms with E-state index in [1.165, 1.54) is 0 Å². The Bertz CT molecular complexity index is 210. The Hall–Kier alpha value is 0.517. The first kappa shape index (κ1) is 18.9. The third-order valence-electron chi connectivity index (χ3n) is 4.33. The summed E-state index contributed by atoms with van der Waals surface area (Å²) in [6, 6.07) is 0. The molecule has 0 aromatic rings. The summed E-state index contributed by atoms with van der Waals surface area (Å²) in [5, 5.41) is 20.2. The van der Waals surface area contributed by atoms with E-state index in [4.69, 9.17) is 0 Å². The van der Waals surface area contributed by atoms with Crippen LogP contribution in [-0.2, 0) is 0 Å². The van der Waals surface area contributed by atoms with E-state index < -0.39 is 11.7 Å². The van der Waals surface area contributed by atoms with Crippen LogP contribution in [0.25, 0.3) is 0 Å². The second kappa shape index (κ2) is 5.91. The van der Waals surface area contributed by atoms with Crippen LogP contribution < -0.4 is 18.9 Å². The van der Waals surface area contributed by atoms with Gasteiger partial charge in [0.15, 0.2) is 0 Å². The van der Waals surface area contributed by atoms with Crippen molar-refractivity contribution in [3.05, 3.63) is 0 Å². The molecule has 0 radical (unpaired) electrons. The van der Waals surface area contributed by atoms with Gasteiger partial charge in [-0.15, -0.1) is 0 Å². The molecule has 3 heteroatoms. The molecule has 0 aliphatic rings. The van der Waals surface area contributed by atoms with Crippen molar-refractivity contribution in [3.8, 4) is 0 Å². The van der Waals surface area contributed by atoms with Crippen molar-refractivity contribution < 1.29 is 30.5 Å². The van der Waals surface area contributed by atoms with Gasteiger partial charge in [0.05, 0.1) is 11.7 Å². The maximum atomic E-state index is 10.5. The Labute approximate surface area is 114 Å². The van der Waals surface area contributed by atoms with Crippen LogP contribution in [0, 0.1) is 10.8 Å². The van der Waals surface area contributed by atoms with Crippen LogP contribution in [0.4, 0.5) is 0 Å². The summed E-state index contributed by atoms with van der Waals surface area (Å²) in [5.41, 5.74) is -1.08. The van der Waals surface area contributed by atoms with Crippen LogP contribution in [0.15, 0.2) is 0 Å². The Morgan fingerprint density at radius 3 is 1.69 bits per heavy atom. The average Bonchev–Trinajstić information content (AvgIpc) is 2.00. The van der Waals surface area contributed by atoms with Crippen LogP contribution >= 0.6 is 0 Å². The minimum Gasteiger partial charge on any atom is -1.00 e. The van der Waals surface area contributed by atoms with Crippen LogP contribution in [0.5, 0.6) is 0 Å². The molecule has 0 aromatic carbocycles. The molecule has 2 N–H and O–H groups in total. The Morgan fingerprint density at radius 1 is 1.06 bits per heavy atom. The fraction of sp³-hybridized carbons (Fsp3) is 1.00. The molecule has 2 unspecified atom stereocenters. The summed E-state index contributed by atoms with van der Waals surface area (Å²) in [6.07, 6.45) is 0.714. The van der Waals surface area contributed by atoms with E-state index in [-0.39, 0.29) is 31.1 Å². The van der Waals surface area contributed by atoms with Crippen molar-refractivity contribution in [1.29, 1.82) is 0 Å². The summed E-state index contributed by atoms with van der Waals surface area (Å²) >= 11 is 0. The maximum absolute atomic E-state index is 10.5. The monoisotopic (exact) mass is 224 g/mol. The Kier molecular flexibility index (Phi) is 6.97. The second-order valence-corrected chi connectivity index (χ2v) is 6.42. The van der Waals surface area contributed by atoms with E-state index in [1.807, 2.05) is 13.8 Å². The normalized spacial score (nSPS) is 18.6. The number of rotatable bonds is 4. The Balaban J connectivity index is -0.000000980. The third-order valence-corrected chi connectivity index (χ3v) is 4.33. The van der Waals surface area contributed by atoms with Gasteiger partial charge >= 0.3 is 18.9 Å². The van der Waals surface area contributed by atoms with Gasteiger partial charge in [-0.25, -0.2) is 0 Å². The summed E-state index contributed by atoms with van der Waals surface area (Å²) in [4.78, 5) is 0.